The molecule has 21 heavy (non-hydrogen) atoms. The van der Waals surface area contributed by atoms with E-state index in [0.717, 1.165) is 0 Å². The highest BCUT2D eigenvalue weighted by molar-refractivity contribution is 5.98. The van der Waals surface area contributed by atoms with Gasteiger partial charge in [-0.05, 0) is 19.1 Å². The highest BCUT2D eigenvalue weighted by atomic mass is 16.1. The van der Waals surface area contributed by atoms with E-state index in [0.29, 0.717) is 16.5 Å². The Bertz CT molecular complexity index is 853. The van der Waals surface area contributed by atoms with E-state index in [1.54, 1.807) is 49.4 Å². The van der Waals surface area contributed by atoms with E-state index in [-0.39, 0.29) is 11.3 Å². The van der Waals surface area contributed by atoms with E-state index in [1.807, 2.05) is 12.1 Å². The summed E-state index contributed by atoms with van der Waals surface area (Å²) in [5.41, 5.74) is 1.03. The van der Waals surface area contributed by atoms with Crippen molar-refractivity contribution in [1.29, 1.82) is 0 Å². The maximum atomic E-state index is 12.5. The molecule has 104 valence electrons. The van der Waals surface area contributed by atoms with E-state index < -0.39 is 6.04 Å². The Kier molecular flexibility index (Phi) is 3.36. The van der Waals surface area contributed by atoms with Crippen LogP contribution in [0.1, 0.15) is 23.3 Å². The second-order valence-electron chi connectivity index (χ2n) is 4.88. The van der Waals surface area contributed by atoms with Crippen LogP contribution in [-0.2, 0) is 0 Å². The third-order valence-electron chi connectivity index (χ3n) is 3.55. The molecular weight excluding hydrogens is 264 g/mol. The summed E-state index contributed by atoms with van der Waals surface area (Å²) in [7, 11) is 0. The van der Waals surface area contributed by atoms with E-state index >= 15 is 0 Å². The van der Waals surface area contributed by atoms with Gasteiger partial charge >= 0.3 is 0 Å². The van der Waals surface area contributed by atoms with E-state index in [1.165, 1.54) is 10.9 Å². The van der Waals surface area contributed by atoms with Gasteiger partial charge in [-0.3, -0.25) is 14.2 Å². The molecule has 0 aliphatic heterocycles. The Morgan fingerprint density at radius 1 is 1.05 bits per heavy atom. The number of Topliss-reactive ketones (excluding diaryl/α,β-unsaturated/α-hetero) is 1. The van der Waals surface area contributed by atoms with Crippen molar-refractivity contribution in [1.82, 2.24) is 9.55 Å². The van der Waals surface area contributed by atoms with Gasteiger partial charge in [0.25, 0.3) is 5.56 Å². The molecule has 0 saturated heterocycles. The molecule has 0 radical (unpaired) electrons. The normalized spacial score (nSPS) is 12.2. The van der Waals surface area contributed by atoms with Crippen LogP contribution < -0.4 is 5.56 Å². The Morgan fingerprint density at radius 2 is 1.71 bits per heavy atom. The van der Waals surface area contributed by atoms with Crippen LogP contribution in [0.5, 0.6) is 0 Å². The Hall–Kier alpha value is -2.75. The van der Waals surface area contributed by atoms with Crippen LogP contribution in [0, 0.1) is 0 Å². The summed E-state index contributed by atoms with van der Waals surface area (Å²) in [4.78, 5) is 29.2. The summed E-state index contributed by atoms with van der Waals surface area (Å²) in [6.07, 6.45) is 1.44. The summed E-state index contributed by atoms with van der Waals surface area (Å²) < 4.78 is 1.39. The second-order valence-corrected chi connectivity index (χ2v) is 4.88. The number of carbonyl (C=O) groups is 1. The Morgan fingerprint density at radius 3 is 2.48 bits per heavy atom. The van der Waals surface area contributed by atoms with Crippen LogP contribution in [0.25, 0.3) is 10.9 Å². The molecule has 1 aromatic heterocycles. The molecule has 0 bridgehead atoms. The molecule has 4 heteroatoms. The molecule has 0 saturated carbocycles. The van der Waals surface area contributed by atoms with Gasteiger partial charge in [-0.25, -0.2) is 4.98 Å². The van der Waals surface area contributed by atoms with Gasteiger partial charge in [0.2, 0.25) is 0 Å². The first-order chi connectivity index (χ1) is 10.2. The lowest BCUT2D eigenvalue weighted by atomic mass is 10.1. The van der Waals surface area contributed by atoms with E-state index in [2.05, 4.69) is 4.98 Å². The lowest BCUT2D eigenvalue weighted by Crippen LogP contribution is -2.28. The number of fused-ring (bicyclic) bond motifs is 1. The van der Waals surface area contributed by atoms with Crippen molar-refractivity contribution in [2.45, 2.75) is 13.0 Å². The number of hydrogen-bond acceptors (Lipinski definition) is 3. The number of aromatic nitrogens is 2. The minimum absolute atomic E-state index is 0.102. The molecule has 0 N–H and O–H groups in total. The van der Waals surface area contributed by atoms with Gasteiger partial charge in [0.15, 0.2) is 5.78 Å². The Balaban J connectivity index is 2.06. The zero-order valence-electron chi connectivity index (χ0n) is 11.6. The molecule has 1 atom stereocenters. The summed E-state index contributed by atoms with van der Waals surface area (Å²) in [5.74, 6) is -0.102. The van der Waals surface area contributed by atoms with Crippen LogP contribution in [0.15, 0.2) is 65.7 Å². The first-order valence-electron chi connectivity index (χ1n) is 6.73. The number of carbonyl (C=O) groups excluding carboxylic acids is 1. The number of para-hydroxylation sites is 1. The zero-order chi connectivity index (χ0) is 14.8. The largest absolute Gasteiger partial charge is 0.292 e. The second kappa shape index (κ2) is 5.32. The third kappa shape index (κ3) is 2.36. The predicted molar refractivity (Wildman–Crippen MR) is 81.5 cm³/mol. The van der Waals surface area contributed by atoms with Crippen molar-refractivity contribution in [3.63, 3.8) is 0 Å². The molecule has 0 unspecified atom stereocenters. The molecule has 3 rings (SSSR count). The van der Waals surface area contributed by atoms with Crippen LogP contribution in [-0.4, -0.2) is 15.3 Å². The molecule has 2 aromatic carbocycles. The average Bonchev–Trinajstić information content (AvgIpc) is 2.55. The number of hydrogen-bond donors (Lipinski definition) is 0. The van der Waals surface area contributed by atoms with E-state index in [4.69, 9.17) is 0 Å². The fraction of sp³-hybridized carbons (Fsp3) is 0.118. The predicted octanol–water partition coefficient (Wildman–Crippen LogP) is 2.84. The van der Waals surface area contributed by atoms with Crippen LogP contribution in [0.4, 0.5) is 0 Å². The van der Waals surface area contributed by atoms with Gasteiger partial charge in [-0.15, -0.1) is 0 Å². The molecule has 0 fully saturated rings. The lowest BCUT2D eigenvalue weighted by Gasteiger charge is -2.14. The van der Waals surface area contributed by atoms with Crippen molar-refractivity contribution in [2.75, 3.05) is 0 Å². The summed E-state index contributed by atoms with van der Waals surface area (Å²) in [5, 5.41) is 0.521. The number of ketones is 1. The molecule has 3 aromatic rings. The molecule has 4 nitrogen and oxygen atoms in total. The molecule has 1 heterocycles. The van der Waals surface area contributed by atoms with Gasteiger partial charge in [-0.2, -0.15) is 0 Å². The van der Waals surface area contributed by atoms with Crippen LogP contribution in [0.2, 0.25) is 0 Å². The van der Waals surface area contributed by atoms with Gasteiger partial charge in [0, 0.05) is 5.56 Å². The minimum atomic E-state index is -0.586. The zero-order valence-corrected chi connectivity index (χ0v) is 11.6. The molecule has 0 aliphatic rings. The van der Waals surface area contributed by atoms with Crippen LogP contribution in [0.3, 0.4) is 0 Å². The Labute approximate surface area is 121 Å². The molecule has 0 amide bonds. The number of benzene rings is 2. The maximum absolute atomic E-state index is 12.5. The third-order valence-corrected chi connectivity index (χ3v) is 3.55. The molecule has 0 spiro atoms. The monoisotopic (exact) mass is 278 g/mol. The van der Waals surface area contributed by atoms with Crippen molar-refractivity contribution >= 4 is 16.7 Å². The minimum Gasteiger partial charge on any atom is -0.292 e. The number of rotatable bonds is 3. The van der Waals surface area contributed by atoms with Crippen molar-refractivity contribution in [3.05, 3.63) is 76.8 Å². The smallest absolute Gasteiger partial charge is 0.261 e. The van der Waals surface area contributed by atoms with Gasteiger partial charge in [0.05, 0.1) is 23.3 Å². The fourth-order valence-corrected chi connectivity index (χ4v) is 2.33. The first-order valence-corrected chi connectivity index (χ1v) is 6.73. The quantitative estimate of drug-likeness (QED) is 0.692. The highest BCUT2D eigenvalue weighted by Crippen LogP contribution is 2.13. The lowest BCUT2D eigenvalue weighted by molar-refractivity contribution is 0.0932. The SMILES string of the molecule is C[C@H](C(=O)c1ccccc1)n1cnc2ccccc2c1=O. The standard InChI is InChI=1S/C17H14N2O2/c1-12(16(20)13-7-3-2-4-8-13)19-11-18-15-10-6-5-9-14(15)17(19)21/h2-12H,1H3/t12-/m1/s1. The fourth-order valence-electron chi connectivity index (χ4n) is 2.33. The molecule has 0 aliphatic carbocycles. The van der Waals surface area contributed by atoms with Crippen molar-refractivity contribution in [2.24, 2.45) is 0 Å². The van der Waals surface area contributed by atoms with E-state index in [9.17, 15) is 9.59 Å². The summed E-state index contributed by atoms with van der Waals surface area (Å²) in [6.45, 7) is 1.72. The topological polar surface area (TPSA) is 52.0 Å². The maximum Gasteiger partial charge on any atom is 0.261 e. The van der Waals surface area contributed by atoms with Gasteiger partial charge in [0.1, 0.15) is 0 Å². The summed E-state index contributed by atoms with van der Waals surface area (Å²) >= 11 is 0. The first kappa shape index (κ1) is 13.2. The van der Waals surface area contributed by atoms with Gasteiger partial charge in [-0.1, -0.05) is 42.5 Å². The highest BCUT2D eigenvalue weighted by Gasteiger charge is 2.18. The molecular formula is C17H14N2O2. The van der Waals surface area contributed by atoms with Crippen molar-refractivity contribution in [3.8, 4) is 0 Å². The number of nitrogens with zero attached hydrogens (tertiary/aromatic N) is 2. The van der Waals surface area contributed by atoms with Crippen LogP contribution >= 0.6 is 0 Å². The summed E-state index contributed by atoms with van der Waals surface area (Å²) in [6, 6.07) is 15.5. The van der Waals surface area contributed by atoms with Crippen molar-refractivity contribution < 1.29 is 4.79 Å². The van der Waals surface area contributed by atoms with Gasteiger partial charge < -0.3 is 0 Å². The average molecular weight is 278 g/mol.